The van der Waals surface area contributed by atoms with Crippen molar-refractivity contribution in [2.75, 3.05) is 18.9 Å². The molecule has 3 rings (SSSR count). The zero-order chi connectivity index (χ0) is 24.1. The summed E-state index contributed by atoms with van der Waals surface area (Å²) in [6, 6.07) is -0.700. The number of halogens is 1. The SMILES string of the molecule is CC[C@H](C)[C@H](N)C(=O)OCCCC(=O)OC[C@H]1O[C@@H](n2cnc3c(=O)[nH]c(N)nc32)CC1F. The number of hydrogen-bond acceptors (Lipinski definition) is 10. The van der Waals surface area contributed by atoms with Gasteiger partial charge in [-0.15, -0.1) is 0 Å². The highest BCUT2D eigenvalue weighted by Crippen LogP contribution is 2.32. The number of aromatic amines is 1. The number of nitrogens with zero attached hydrogens (tertiary/aromatic N) is 3. The number of imidazole rings is 1. The first-order chi connectivity index (χ1) is 15.7. The number of rotatable bonds is 10. The van der Waals surface area contributed by atoms with Crippen molar-refractivity contribution in [3.05, 3.63) is 16.7 Å². The van der Waals surface area contributed by atoms with Crippen LogP contribution in [-0.4, -0.2) is 63.0 Å². The molecule has 0 aliphatic carbocycles. The minimum absolute atomic E-state index is 0.000452. The topological polar surface area (TPSA) is 177 Å². The molecule has 1 aliphatic heterocycles. The van der Waals surface area contributed by atoms with Crippen LogP contribution in [-0.2, 0) is 23.8 Å². The fraction of sp³-hybridized carbons (Fsp3) is 0.650. The van der Waals surface area contributed by atoms with Crippen LogP contribution in [0.4, 0.5) is 10.3 Å². The summed E-state index contributed by atoms with van der Waals surface area (Å²) >= 11 is 0. The summed E-state index contributed by atoms with van der Waals surface area (Å²) in [5.74, 6) is -1.17. The van der Waals surface area contributed by atoms with Gasteiger partial charge in [-0.1, -0.05) is 20.3 Å². The molecule has 0 saturated carbocycles. The summed E-state index contributed by atoms with van der Waals surface area (Å²) in [6.07, 6.45) is -0.866. The molecule has 1 fully saturated rings. The van der Waals surface area contributed by atoms with Crippen molar-refractivity contribution < 1.29 is 28.2 Å². The molecule has 0 amide bonds. The smallest absolute Gasteiger partial charge is 0.323 e. The average molecular weight is 468 g/mol. The Morgan fingerprint density at radius 2 is 2.18 bits per heavy atom. The predicted molar refractivity (Wildman–Crippen MR) is 115 cm³/mol. The van der Waals surface area contributed by atoms with Crippen LogP contribution in [0.2, 0.25) is 0 Å². The summed E-state index contributed by atoms with van der Waals surface area (Å²) in [7, 11) is 0. The van der Waals surface area contributed by atoms with E-state index in [2.05, 4.69) is 15.0 Å². The van der Waals surface area contributed by atoms with Gasteiger partial charge in [0, 0.05) is 12.8 Å². The number of nitrogens with one attached hydrogen (secondary N) is 1. The first-order valence-electron chi connectivity index (χ1n) is 10.8. The van der Waals surface area contributed by atoms with E-state index in [9.17, 15) is 18.8 Å². The molecule has 2 aromatic heterocycles. The first kappa shape index (κ1) is 24.6. The molecule has 0 spiro atoms. The van der Waals surface area contributed by atoms with Crippen LogP contribution < -0.4 is 17.0 Å². The number of aromatic nitrogens is 4. The fourth-order valence-corrected chi connectivity index (χ4v) is 3.38. The molecule has 182 valence electrons. The molecule has 1 saturated heterocycles. The van der Waals surface area contributed by atoms with Crippen LogP contribution in [0, 0.1) is 5.92 Å². The van der Waals surface area contributed by atoms with Gasteiger partial charge < -0.3 is 25.7 Å². The van der Waals surface area contributed by atoms with Crippen molar-refractivity contribution in [2.45, 2.75) is 64.1 Å². The molecular weight excluding hydrogens is 439 g/mol. The number of carbonyl (C=O) groups excluding carboxylic acids is 2. The molecule has 5 N–H and O–H groups in total. The highest BCUT2D eigenvalue weighted by Gasteiger charge is 2.38. The van der Waals surface area contributed by atoms with Crippen molar-refractivity contribution in [1.82, 2.24) is 19.5 Å². The maximum absolute atomic E-state index is 14.5. The Hall–Kier alpha value is -3.06. The van der Waals surface area contributed by atoms with Gasteiger partial charge in [0.25, 0.3) is 5.56 Å². The minimum atomic E-state index is -1.40. The largest absolute Gasteiger partial charge is 0.465 e. The molecule has 1 unspecified atom stereocenters. The third kappa shape index (κ3) is 5.85. The van der Waals surface area contributed by atoms with Gasteiger partial charge >= 0.3 is 11.9 Å². The Morgan fingerprint density at radius 1 is 1.42 bits per heavy atom. The van der Waals surface area contributed by atoms with E-state index in [1.807, 2.05) is 13.8 Å². The average Bonchev–Trinajstić information content (AvgIpc) is 3.37. The quantitative estimate of drug-likeness (QED) is 0.330. The molecule has 0 bridgehead atoms. The van der Waals surface area contributed by atoms with E-state index in [-0.39, 0.29) is 55.5 Å². The molecule has 0 radical (unpaired) electrons. The second kappa shape index (κ2) is 10.7. The van der Waals surface area contributed by atoms with Gasteiger partial charge in [0.1, 0.15) is 31.2 Å². The predicted octanol–water partition coefficient (Wildman–Crippen LogP) is 0.567. The molecule has 1 aliphatic rings. The molecule has 2 aromatic rings. The third-order valence-electron chi connectivity index (χ3n) is 5.63. The van der Waals surface area contributed by atoms with Gasteiger partial charge in [0.15, 0.2) is 11.2 Å². The molecular formula is C20H29FN6O6. The van der Waals surface area contributed by atoms with Crippen molar-refractivity contribution >= 4 is 29.1 Å². The van der Waals surface area contributed by atoms with E-state index < -0.39 is 42.0 Å². The molecule has 3 heterocycles. The number of fused-ring (bicyclic) bond motifs is 1. The van der Waals surface area contributed by atoms with Crippen LogP contribution in [0.15, 0.2) is 11.1 Å². The number of anilines is 1. The lowest BCUT2D eigenvalue weighted by molar-refractivity contribution is -0.152. The van der Waals surface area contributed by atoms with Crippen molar-refractivity contribution in [2.24, 2.45) is 11.7 Å². The number of ether oxygens (including phenoxy) is 3. The van der Waals surface area contributed by atoms with Gasteiger partial charge in [0.2, 0.25) is 5.95 Å². The maximum Gasteiger partial charge on any atom is 0.323 e. The van der Waals surface area contributed by atoms with Crippen molar-refractivity contribution in [3.63, 3.8) is 0 Å². The second-order valence-electron chi connectivity index (χ2n) is 8.02. The maximum atomic E-state index is 14.5. The lowest BCUT2D eigenvalue weighted by atomic mass is 10.0. The fourth-order valence-electron chi connectivity index (χ4n) is 3.38. The number of nitrogen functional groups attached to an aromatic ring is 1. The number of esters is 2. The van der Waals surface area contributed by atoms with E-state index in [0.29, 0.717) is 0 Å². The van der Waals surface area contributed by atoms with Crippen molar-refractivity contribution in [3.8, 4) is 0 Å². The highest BCUT2D eigenvalue weighted by atomic mass is 19.1. The van der Waals surface area contributed by atoms with Gasteiger partial charge in [-0.3, -0.25) is 23.9 Å². The van der Waals surface area contributed by atoms with Crippen molar-refractivity contribution in [1.29, 1.82) is 0 Å². The Kier molecular flexibility index (Phi) is 7.97. The summed E-state index contributed by atoms with van der Waals surface area (Å²) < 4.78 is 31.8. The van der Waals surface area contributed by atoms with Crippen LogP contribution in [0.25, 0.3) is 11.2 Å². The summed E-state index contributed by atoms with van der Waals surface area (Å²) in [5.41, 5.74) is 11.1. The zero-order valence-electron chi connectivity index (χ0n) is 18.5. The number of H-pyrrole nitrogens is 1. The summed E-state index contributed by atoms with van der Waals surface area (Å²) in [4.78, 5) is 46.0. The second-order valence-corrected chi connectivity index (χ2v) is 8.02. The standard InChI is InChI=1S/C20H29FN6O6/c1-3-10(2)15(22)19(30)31-6-4-5-14(28)32-8-12-11(21)7-13(33-12)27-9-24-16-17(27)25-20(23)26-18(16)29/h9-13,15H,3-8,22H2,1-2H3,(H3,23,25,26,29)/t10-,11?,12+,13+,15-/m0/s1. The van der Waals surface area contributed by atoms with Gasteiger partial charge in [0.05, 0.1) is 12.9 Å². The molecule has 5 atom stereocenters. The number of hydrogen-bond donors (Lipinski definition) is 3. The van der Waals surface area contributed by atoms with E-state index >= 15 is 0 Å². The van der Waals surface area contributed by atoms with Gasteiger partial charge in [-0.05, 0) is 12.3 Å². The lowest BCUT2D eigenvalue weighted by Gasteiger charge is -2.17. The molecule has 12 nitrogen and oxygen atoms in total. The number of carbonyl (C=O) groups is 2. The zero-order valence-corrected chi connectivity index (χ0v) is 18.5. The summed E-state index contributed by atoms with van der Waals surface area (Å²) in [5, 5.41) is 0. The first-order valence-corrected chi connectivity index (χ1v) is 10.8. The number of alkyl halides is 1. The molecule has 33 heavy (non-hydrogen) atoms. The minimum Gasteiger partial charge on any atom is -0.465 e. The Bertz CT molecular complexity index is 1040. The van der Waals surface area contributed by atoms with E-state index in [1.54, 1.807) is 0 Å². The van der Waals surface area contributed by atoms with E-state index in [1.165, 1.54) is 10.9 Å². The lowest BCUT2D eigenvalue weighted by Crippen LogP contribution is -2.38. The van der Waals surface area contributed by atoms with Gasteiger partial charge in [-0.2, -0.15) is 4.98 Å². The highest BCUT2D eigenvalue weighted by molar-refractivity contribution is 5.76. The van der Waals surface area contributed by atoms with Crippen LogP contribution in [0.5, 0.6) is 0 Å². The number of nitrogens with two attached hydrogens (primary N) is 2. The summed E-state index contributed by atoms with van der Waals surface area (Å²) in [6.45, 7) is 3.54. The molecule has 0 aromatic carbocycles. The van der Waals surface area contributed by atoms with Gasteiger partial charge in [-0.25, -0.2) is 9.37 Å². The van der Waals surface area contributed by atoms with Crippen LogP contribution >= 0.6 is 0 Å². The van der Waals surface area contributed by atoms with Crippen LogP contribution in [0.3, 0.4) is 0 Å². The van der Waals surface area contributed by atoms with E-state index in [4.69, 9.17) is 25.7 Å². The monoisotopic (exact) mass is 468 g/mol. The normalized spacial score (nSPS) is 22.2. The Balaban J connectivity index is 1.44. The molecule has 13 heteroatoms. The Labute approximate surface area is 188 Å². The Morgan fingerprint density at radius 3 is 2.91 bits per heavy atom. The third-order valence-corrected chi connectivity index (χ3v) is 5.63. The van der Waals surface area contributed by atoms with E-state index in [0.717, 1.165) is 6.42 Å². The van der Waals surface area contributed by atoms with Crippen LogP contribution in [0.1, 0.15) is 45.8 Å².